The predicted octanol–water partition coefficient (Wildman–Crippen LogP) is 2.35. The fourth-order valence-corrected chi connectivity index (χ4v) is 2.47. The number of rotatable bonds is 3. The molecule has 1 rings (SSSR count). The molecular weight excluding hydrogens is 192 g/mol. The summed E-state index contributed by atoms with van der Waals surface area (Å²) in [6.07, 6.45) is 5.22. The zero-order valence-corrected chi connectivity index (χ0v) is 10.1. The molecule has 1 N–H and O–H groups in total. The second-order valence-electron chi connectivity index (χ2n) is 4.24. The van der Waals surface area contributed by atoms with E-state index in [1.54, 1.807) is 0 Å². The zero-order valence-electron chi connectivity index (χ0n) is 9.25. The molecule has 0 atom stereocenters. The molecule has 1 radical (unpaired) electrons. The van der Waals surface area contributed by atoms with E-state index in [2.05, 4.69) is 31.0 Å². The molecule has 0 amide bonds. The molecular formula is C11H21N2S. The van der Waals surface area contributed by atoms with Gasteiger partial charge in [-0.15, -0.1) is 0 Å². The highest BCUT2D eigenvalue weighted by atomic mass is 32.1. The van der Waals surface area contributed by atoms with E-state index in [0.29, 0.717) is 12.1 Å². The quantitative estimate of drug-likeness (QED) is 0.725. The average Bonchev–Trinajstić information content (AvgIpc) is 2.57. The number of hydrogen-bond acceptors (Lipinski definition) is 1. The minimum absolute atomic E-state index is 0.415. The molecule has 2 nitrogen and oxygen atoms in total. The zero-order chi connectivity index (χ0) is 10.6. The van der Waals surface area contributed by atoms with E-state index in [0.717, 1.165) is 11.7 Å². The van der Waals surface area contributed by atoms with Gasteiger partial charge in [0.1, 0.15) is 0 Å². The van der Waals surface area contributed by atoms with Crippen molar-refractivity contribution in [3.63, 3.8) is 0 Å². The predicted molar refractivity (Wildman–Crippen MR) is 65.2 cm³/mol. The van der Waals surface area contributed by atoms with Crippen LogP contribution in [0.4, 0.5) is 0 Å². The molecule has 14 heavy (non-hydrogen) atoms. The van der Waals surface area contributed by atoms with Crippen molar-refractivity contribution < 1.29 is 0 Å². The number of nitrogens with one attached hydrogen (secondary N) is 1. The van der Waals surface area contributed by atoms with Crippen molar-refractivity contribution in [2.24, 2.45) is 0 Å². The Morgan fingerprint density at radius 3 is 2.50 bits per heavy atom. The Hall–Kier alpha value is -0.310. The van der Waals surface area contributed by atoms with Crippen LogP contribution in [0.1, 0.15) is 39.5 Å². The summed E-state index contributed by atoms with van der Waals surface area (Å²) in [6.45, 7) is 8.96. The summed E-state index contributed by atoms with van der Waals surface area (Å²) < 4.78 is 0. The van der Waals surface area contributed by atoms with Crippen molar-refractivity contribution in [2.45, 2.75) is 51.6 Å². The highest BCUT2D eigenvalue weighted by Gasteiger charge is 2.23. The molecule has 3 heteroatoms. The van der Waals surface area contributed by atoms with Gasteiger partial charge in [0.15, 0.2) is 5.11 Å². The molecule has 0 saturated heterocycles. The molecule has 0 heterocycles. The topological polar surface area (TPSA) is 15.3 Å². The van der Waals surface area contributed by atoms with Crippen LogP contribution in [0.2, 0.25) is 0 Å². The van der Waals surface area contributed by atoms with Gasteiger partial charge in [-0.3, -0.25) is 0 Å². The molecule has 1 saturated carbocycles. The van der Waals surface area contributed by atoms with Crippen molar-refractivity contribution in [2.75, 3.05) is 6.54 Å². The first-order valence-electron chi connectivity index (χ1n) is 5.51. The van der Waals surface area contributed by atoms with Crippen LogP contribution in [-0.4, -0.2) is 28.6 Å². The van der Waals surface area contributed by atoms with Crippen molar-refractivity contribution in [3.8, 4) is 0 Å². The molecule has 0 aliphatic heterocycles. The van der Waals surface area contributed by atoms with Crippen LogP contribution in [0.5, 0.6) is 0 Å². The maximum Gasteiger partial charge on any atom is 0.169 e. The van der Waals surface area contributed by atoms with E-state index < -0.39 is 0 Å². The third kappa shape index (κ3) is 3.12. The fraction of sp³-hybridized carbons (Fsp3) is 0.818. The molecule has 0 aromatic carbocycles. The monoisotopic (exact) mass is 213 g/mol. The lowest BCUT2D eigenvalue weighted by Crippen LogP contribution is -2.47. The molecule has 1 fully saturated rings. The molecule has 0 unspecified atom stereocenters. The van der Waals surface area contributed by atoms with Gasteiger partial charge < -0.3 is 10.2 Å². The Morgan fingerprint density at radius 1 is 1.50 bits per heavy atom. The van der Waals surface area contributed by atoms with Gasteiger partial charge in [0, 0.05) is 18.6 Å². The first-order chi connectivity index (χ1) is 6.65. The summed E-state index contributed by atoms with van der Waals surface area (Å²) in [5, 5.41) is 4.16. The molecule has 81 valence electrons. The molecule has 0 aromatic heterocycles. The Kier molecular flexibility index (Phi) is 4.66. The summed E-state index contributed by atoms with van der Waals surface area (Å²) in [7, 11) is 0. The highest BCUT2D eigenvalue weighted by Crippen LogP contribution is 2.23. The van der Waals surface area contributed by atoms with Gasteiger partial charge in [-0.25, -0.2) is 0 Å². The summed E-state index contributed by atoms with van der Waals surface area (Å²) >= 11 is 5.36. The van der Waals surface area contributed by atoms with Crippen LogP contribution in [0.3, 0.4) is 0 Å². The first kappa shape index (κ1) is 11.8. The van der Waals surface area contributed by atoms with E-state index in [1.807, 2.05) is 0 Å². The van der Waals surface area contributed by atoms with Crippen molar-refractivity contribution in [1.29, 1.82) is 0 Å². The first-order valence-corrected chi connectivity index (χ1v) is 5.92. The minimum atomic E-state index is 0.415. The third-order valence-corrected chi connectivity index (χ3v) is 3.03. The maximum atomic E-state index is 5.36. The third-order valence-electron chi connectivity index (χ3n) is 2.68. The number of thiocarbonyl (C=S) groups is 1. The fourth-order valence-electron chi connectivity index (χ4n) is 2.00. The molecule has 1 aliphatic carbocycles. The lowest BCUT2D eigenvalue weighted by atomic mass is 10.2. The molecule has 0 bridgehead atoms. The molecule has 0 aromatic rings. The lowest BCUT2D eigenvalue weighted by Gasteiger charge is -2.31. The van der Waals surface area contributed by atoms with Gasteiger partial charge in [-0.1, -0.05) is 12.8 Å². The van der Waals surface area contributed by atoms with Crippen LogP contribution in [0.15, 0.2) is 0 Å². The van der Waals surface area contributed by atoms with Gasteiger partial charge >= 0.3 is 0 Å². The maximum absolute atomic E-state index is 5.36. The SMILES string of the molecule is [CH2]CN(C(=S)NC(C)C)C1CCCC1. The van der Waals surface area contributed by atoms with Crippen molar-refractivity contribution >= 4 is 17.3 Å². The molecule has 1 aliphatic rings. The van der Waals surface area contributed by atoms with Crippen molar-refractivity contribution in [3.05, 3.63) is 6.92 Å². The van der Waals surface area contributed by atoms with E-state index in [1.165, 1.54) is 25.7 Å². The average molecular weight is 213 g/mol. The van der Waals surface area contributed by atoms with Crippen LogP contribution >= 0.6 is 12.2 Å². The second-order valence-corrected chi connectivity index (χ2v) is 4.62. The highest BCUT2D eigenvalue weighted by molar-refractivity contribution is 7.80. The molecule has 0 spiro atoms. The summed E-state index contributed by atoms with van der Waals surface area (Å²) in [4.78, 5) is 2.24. The van der Waals surface area contributed by atoms with Crippen molar-refractivity contribution in [1.82, 2.24) is 10.2 Å². The van der Waals surface area contributed by atoms with Crippen LogP contribution < -0.4 is 5.32 Å². The smallest absolute Gasteiger partial charge is 0.169 e. The van der Waals surface area contributed by atoms with Gasteiger partial charge in [-0.05, 0) is 45.8 Å². The Labute approximate surface area is 93.1 Å². The number of nitrogens with zero attached hydrogens (tertiary/aromatic N) is 1. The Balaban J connectivity index is 2.47. The Bertz CT molecular complexity index is 186. The largest absolute Gasteiger partial charge is 0.360 e. The van der Waals surface area contributed by atoms with E-state index >= 15 is 0 Å². The number of hydrogen-bond donors (Lipinski definition) is 1. The van der Waals surface area contributed by atoms with Gasteiger partial charge in [-0.2, -0.15) is 0 Å². The van der Waals surface area contributed by atoms with Crippen LogP contribution in [0.25, 0.3) is 0 Å². The van der Waals surface area contributed by atoms with E-state index in [4.69, 9.17) is 12.2 Å². The standard InChI is InChI=1S/C11H21N2S/c1-4-13(10-7-5-6-8-10)11(14)12-9(2)3/h9-10H,1,4-8H2,2-3H3,(H,12,14). The van der Waals surface area contributed by atoms with Gasteiger partial charge in [0.25, 0.3) is 0 Å². The van der Waals surface area contributed by atoms with Crippen LogP contribution in [0, 0.1) is 6.92 Å². The lowest BCUT2D eigenvalue weighted by molar-refractivity contribution is 0.334. The summed E-state index contributed by atoms with van der Waals surface area (Å²) in [5.41, 5.74) is 0. The van der Waals surface area contributed by atoms with Crippen LogP contribution in [-0.2, 0) is 0 Å². The summed E-state index contributed by atoms with van der Waals surface area (Å²) in [6, 6.07) is 1.05. The van der Waals surface area contributed by atoms with E-state index in [9.17, 15) is 0 Å². The van der Waals surface area contributed by atoms with Gasteiger partial charge in [0.2, 0.25) is 0 Å². The van der Waals surface area contributed by atoms with Gasteiger partial charge in [0.05, 0.1) is 0 Å². The Morgan fingerprint density at radius 2 is 2.07 bits per heavy atom. The summed E-state index contributed by atoms with van der Waals surface area (Å²) in [5.74, 6) is 0. The van der Waals surface area contributed by atoms with E-state index in [-0.39, 0.29) is 0 Å². The second kappa shape index (κ2) is 5.54. The minimum Gasteiger partial charge on any atom is -0.360 e. The normalized spacial score (nSPS) is 17.4.